The highest BCUT2D eigenvalue weighted by Gasteiger charge is 2.20. The fourth-order valence-electron chi connectivity index (χ4n) is 3.95. The van der Waals surface area contributed by atoms with Gasteiger partial charge in [0.25, 0.3) is 0 Å². The highest BCUT2D eigenvalue weighted by Crippen LogP contribution is 2.27. The van der Waals surface area contributed by atoms with Gasteiger partial charge in [-0.1, -0.05) is 51.8 Å². The summed E-state index contributed by atoms with van der Waals surface area (Å²) >= 11 is 3.72. The number of hydrogen-bond acceptors (Lipinski definition) is 1. The third kappa shape index (κ3) is 4.95. The molecule has 1 aliphatic heterocycles. The molecule has 0 bridgehead atoms. The molecule has 0 aliphatic carbocycles. The maximum absolute atomic E-state index is 3.72. The molecule has 2 aromatic rings. The summed E-state index contributed by atoms with van der Waals surface area (Å²) in [6.07, 6.45) is 5.05. The quantitative estimate of drug-likeness (QED) is 0.607. The van der Waals surface area contributed by atoms with Crippen molar-refractivity contribution in [2.24, 2.45) is 5.92 Å². The smallest absolute Gasteiger partial charge is 0.0207 e. The number of aryl methyl sites for hydroxylation is 2. The lowest BCUT2D eigenvalue weighted by Crippen LogP contribution is -2.35. The molecule has 0 atom stereocenters. The molecule has 0 N–H and O–H groups in total. The first-order valence-corrected chi connectivity index (χ1v) is 10.3. The largest absolute Gasteiger partial charge is 0.303 e. The minimum absolute atomic E-state index is 0.829. The molecule has 2 heteroatoms. The van der Waals surface area contributed by atoms with Gasteiger partial charge >= 0.3 is 0 Å². The Bertz CT molecular complexity index is 714. The summed E-state index contributed by atoms with van der Waals surface area (Å²) in [6, 6.07) is 13.4. The van der Waals surface area contributed by atoms with Crippen molar-refractivity contribution < 1.29 is 0 Å². The summed E-state index contributed by atoms with van der Waals surface area (Å²) in [5, 5.41) is 0. The minimum atomic E-state index is 0.829. The van der Waals surface area contributed by atoms with Gasteiger partial charge in [0.2, 0.25) is 0 Å². The molecular formula is C23H30BrN. The van der Waals surface area contributed by atoms with Gasteiger partial charge in [0.15, 0.2) is 0 Å². The van der Waals surface area contributed by atoms with Crippen molar-refractivity contribution in [2.45, 2.75) is 46.5 Å². The molecule has 0 unspecified atom stereocenters. The number of halogens is 1. The highest BCUT2D eigenvalue weighted by molar-refractivity contribution is 9.10. The second kappa shape index (κ2) is 8.51. The Kier molecular flexibility index (Phi) is 6.35. The zero-order valence-electron chi connectivity index (χ0n) is 15.8. The zero-order valence-corrected chi connectivity index (χ0v) is 17.4. The van der Waals surface area contributed by atoms with Crippen molar-refractivity contribution in [1.82, 2.24) is 4.90 Å². The third-order valence-electron chi connectivity index (χ3n) is 5.83. The zero-order chi connectivity index (χ0) is 17.8. The van der Waals surface area contributed by atoms with Crippen molar-refractivity contribution in [3.05, 3.63) is 68.7 Å². The first-order valence-electron chi connectivity index (χ1n) is 9.55. The van der Waals surface area contributed by atoms with E-state index in [4.69, 9.17) is 0 Å². The van der Waals surface area contributed by atoms with Crippen LogP contribution in [0.5, 0.6) is 0 Å². The molecule has 1 nitrogen and oxygen atoms in total. The standard InChI is InChI=1S/C23H30BrN/c1-17-7-8-23(24)22(15-17)16-20-9-12-25(13-10-20)14-11-21-6-4-5-18(2)19(21)3/h4-8,15,20H,9-14,16H2,1-3H3. The molecule has 1 saturated heterocycles. The molecular weight excluding hydrogens is 370 g/mol. The van der Waals surface area contributed by atoms with E-state index in [0.717, 1.165) is 5.92 Å². The Morgan fingerprint density at radius 2 is 1.76 bits per heavy atom. The lowest BCUT2D eigenvalue weighted by atomic mass is 9.89. The van der Waals surface area contributed by atoms with Gasteiger partial charge in [-0.25, -0.2) is 0 Å². The summed E-state index contributed by atoms with van der Waals surface area (Å²) in [6.45, 7) is 10.4. The molecule has 2 aromatic carbocycles. The van der Waals surface area contributed by atoms with Crippen LogP contribution in [-0.4, -0.2) is 24.5 Å². The first-order chi connectivity index (χ1) is 12.0. The molecule has 0 spiro atoms. The van der Waals surface area contributed by atoms with Gasteiger partial charge in [0.05, 0.1) is 0 Å². The van der Waals surface area contributed by atoms with Gasteiger partial charge in [0, 0.05) is 11.0 Å². The van der Waals surface area contributed by atoms with Gasteiger partial charge in [-0.2, -0.15) is 0 Å². The van der Waals surface area contributed by atoms with E-state index in [1.807, 2.05) is 0 Å². The number of benzene rings is 2. The molecule has 134 valence electrons. The predicted molar refractivity (Wildman–Crippen MR) is 111 cm³/mol. The maximum atomic E-state index is 3.72. The molecule has 0 saturated carbocycles. The van der Waals surface area contributed by atoms with E-state index >= 15 is 0 Å². The molecule has 0 aromatic heterocycles. The fraction of sp³-hybridized carbons (Fsp3) is 0.478. The van der Waals surface area contributed by atoms with Crippen LogP contribution in [0.15, 0.2) is 40.9 Å². The normalized spacial score (nSPS) is 16.3. The van der Waals surface area contributed by atoms with Crippen LogP contribution in [0, 0.1) is 26.7 Å². The van der Waals surface area contributed by atoms with E-state index in [-0.39, 0.29) is 0 Å². The van der Waals surface area contributed by atoms with Gasteiger partial charge in [-0.3, -0.25) is 0 Å². The molecule has 25 heavy (non-hydrogen) atoms. The lowest BCUT2D eigenvalue weighted by molar-refractivity contribution is 0.185. The number of rotatable bonds is 5. The number of nitrogens with zero attached hydrogens (tertiary/aromatic N) is 1. The third-order valence-corrected chi connectivity index (χ3v) is 6.60. The Balaban J connectivity index is 1.49. The molecule has 1 heterocycles. The SMILES string of the molecule is Cc1ccc(Br)c(CC2CCN(CCc3cccc(C)c3C)CC2)c1. The van der Waals surface area contributed by atoms with Crippen LogP contribution in [0.3, 0.4) is 0 Å². The van der Waals surface area contributed by atoms with Gasteiger partial charge < -0.3 is 4.90 Å². The average molecular weight is 400 g/mol. The average Bonchev–Trinajstić information content (AvgIpc) is 2.61. The minimum Gasteiger partial charge on any atom is -0.303 e. The summed E-state index contributed by atoms with van der Waals surface area (Å²) < 4.78 is 1.27. The Morgan fingerprint density at radius 1 is 1.00 bits per heavy atom. The summed E-state index contributed by atoms with van der Waals surface area (Å²) in [5.74, 6) is 0.829. The number of likely N-dealkylation sites (tertiary alicyclic amines) is 1. The molecule has 1 aliphatic rings. The number of piperidine rings is 1. The summed E-state index contributed by atoms with van der Waals surface area (Å²) in [4.78, 5) is 2.66. The predicted octanol–water partition coefficient (Wildman–Crippen LogP) is 5.87. The van der Waals surface area contributed by atoms with E-state index in [2.05, 4.69) is 78.0 Å². The van der Waals surface area contributed by atoms with Crippen LogP contribution in [0.2, 0.25) is 0 Å². The topological polar surface area (TPSA) is 3.24 Å². The summed E-state index contributed by atoms with van der Waals surface area (Å²) in [7, 11) is 0. The van der Waals surface area contributed by atoms with Gasteiger partial charge in [0.1, 0.15) is 0 Å². The van der Waals surface area contributed by atoms with Crippen molar-refractivity contribution in [3.63, 3.8) is 0 Å². The van der Waals surface area contributed by atoms with Gasteiger partial charge in [-0.05, 0) is 93.8 Å². The van der Waals surface area contributed by atoms with Crippen LogP contribution in [-0.2, 0) is 12.8 Å². The Labute approximate surface area is 161 Å². The van der Waals surface area contributed by atoms with Crippen molar-refractivity contribution in [3.8, 4) is 0 Å². The Hall–Kier alpha value is -1.12. The van der Waals surface area contributed by atoms with E-state index in [0.29, 0.717) is 0 Å². The second-order valence-electron chi connectivity index (χ2n) is 7.69. The van der Waals surface area contributed by atoms with E-state index in [1.54, 1.807) is 0 Å². The van der Waals surface area contributed by atoms with Crippen LogP contribution < -0.4 is 0 Å². The molecule has 1 fully saturated rings. The van der Waals surface area contributed by atoms with Crippen LogP contribution in [0.4, 0.5) is 0 Å². The van der Waals surface area contributed by atoms with Gasteiger partial charge in [-0.15, -0.1) is 0 Å². The molecule has 3 rings (SSSR count). The van der Waals surface area contributed by atoms with Crippen LogP contribution in [0.1, 0.15) is 40.7 Å². The fourth-order valence-corrected chi connectivity index (χ4v) is 4.35. The Morgan fingerprint density at radius 3 is 2.52 bits per heavy atom. The molecule has 0 amide bonds. The highest BCUT2D eigenvalue weighted by atomic mass is 79.9. The van der Waals surface area contributed by atoms with Crippen LogP contribution in [0.25, 0.3) is 0 Å². The molecule has 0 radical (unpaired) electrons. The summed E-state index contributed by atoms with van der Waals surface area (Å²) in [5.41, 5.74) is 7.26. The first kappa shape index (κ1) is 18.7. The van der Waals surface area contributed by atoms with Crippen molar-refractivity contribution in [2.75, 3.05) is 19.6 Å². The van der Waals surface area contributed by atoms with Crippen molar-refractivity contribution >= 4 is 15.9 Å². The van der Waals surface area contributed by atoms with Crippen molar-refractivity contribution in [1.29, 1.82) is 0 Å². The number of hydrogen-bond donors (Lipinski definition) is 0. The lowest BCUT2D eigenvalue weighted by Gasteiger charge is -2.32. The monoisotopic (exact) mass is 399 g/mol. The van der Waals surface area contributed by atoms with E-state index in [1.165, 1.54) is 77.6 Å². The van der Waals surface area contributed by atoms with E-state index in [9.17, 15) is 0 Å². The van der Waals surface area contributed by atoms with E-state index < -0.39 is 0 Å². The van der Waals surface area contributed by atoms with Crippen LogP contribution >= 0.6 is 15.9 Å². The maximum Gasteiger partial charge on any atom is 0.0207 e. The second-order valence-corrected chi connectivity index (χ2v) is 8.55.